The van der Waals surface area contributed by atoms with Gasteiger partial charge in [-0.3, -0.25) is 4.79 Å². The van der Waals surface area contributed by atoms with Crippen LogP contribution < -0.4 is 10.2 Å². The minimum absolute atomic E-state index is 0.171. The third-order valence-corrected chi connectivity index (χ3v) is 3.39. The summed E-state index contributed by atoms with van der Waals surface area (Å²) in [7, 11) is 1.62. The zero-order valence-electron chi connectivity index (χ0n) is 12.5. The minimum atomic E-state index is -0.171. The number of hydrazone groups is 1. The molecule has 2 rings (SSSR count). The fourth-order valence-corrected chi connectivity index (χ4v) is 2.00. The van der Waals surface area contributed by atoms with Gasteiger partial charge in [0.05, 0.1) is 19.2 Å². The van der Waals surface area contributed by atoms with Crippen LogP contribution in [0.25, 0.3) is 0 Å². The SMILES string of the molecule is COc1ccc(/C(C)=N/NC(=O)Cc2ccc(Cl)cc2)cc1. The van der Waals surface area contributed by atoms with Crippen molar-refractivity contribution in [2.45, 2.75) is 13.3 Å². The number of carbonyl (C=O) groups excluding carboxylic acids is 1. The average Bonchev–Trinajstić information content (AvgIpc) is 2.55. The third kappa shape index (κ3) is 4.60. The van der Waals surface area contributed by atoms with Gasteiger partial charge in [-0.1, -0.05) is 23.7 Å². The summed E-state index contributed by atoms with van der Waals surface area (Å²) in [6.07, 6.45) is 0.260. The van der Waals surface area contributed by atoms with Crippen LogP contribution in [0.5, 0.6) is 5.75 Å². The predicted molar refractivity (Wildman–Crippen MR) is 88.5 cm³/mol. The summed E-state index contributed by atoms with van der Waals surface area (Å²) >= 11 is 5.81. The fourth-order valence-electron chi connectivity index (χ4n) is 1.87. The van der Waals surface area contributed by atoms with E-state index in [1.807, 2.05) is 43.3 Å². The minimum Gasteiger partial charge on any atom is -0.497 e. The molecule has 114 valence electrons. The quantitative estimate of drug-likeness (QED) is 0.678. The largest absolute Gasteiger partial charge is 0.497 e. The molecule has 5 heteroatoms. The first-order chi connectivity index (χ1) is 10.6. The second kappa shape index (κ2) is 7.61. The van der Waals surface area contributed by atoms with Gasteiger partial charge in [-0.05, 0) is 54.4 Å². The van der Waals surface area contributed by atoms with E-state index < -0.39 is 0 Å². The van der Waals surface area contributed by atoms with Crippen LogP contribution >= 0.6 is 11.6 Å². The van der Waals surface area contributed by atoms with Crippen molar-refractivity contribution in [2.75, 3.05) is 7.11 Å². The topological polar surface area (TPSA) is 50.7 Å². The van der Waals surface area contributed by atoms with Gasteiger partial charge in [-0.25, -0.2) is 5.43 Å². The molecule has 0 saturated carbocycles. The van der Waals surface area contributed by atoms with Crippen LogP contribution in [-0.4, -0.2) is 18.7 Å². The standard InChI is InChI=1S/C17H17ClN2O2/c1-12(14-5-9-16(22-2)10-6-14)19-20-17(21)11-13-3-7-15(18)8-4-13/h3-10H,11H2,1-2H3,(H,20,21)/b19-12+. The lowest BCUT2D eigenvalue weighted by atomic mass is 10.1. The maximum atomic E-state index is 11.9. The molecule has 0 aromatic heterocycles. The number of hydrogen-bond donors (Lipinski definition) is 1. The Morgan fingerprint density at radius 2 is 1.77 bits per heavy atom. The molecule has 0 spiro atoms. The van der Waals surface area contributed by atoms with E-state index in [-0.39, 0.29) is 12.3 Å². The van der Waals surface area contributed by atoms with Gasteiger partial charge in [0, 0.05) is 5.02 Å². The second-order valence-corrected chi connectivity index (χ2v) is 5.20. The molecule has 0 heterocycles. The van der Waals surface area contributed by atoms with Gasteiger partial charge in [0.2, 0.25) is 5.91 Å². The lowest BCUT2D eigenvalue weighted by molar-refractivity contribution is -0.120. The Labute approximate surface area is 134 Å². The van der Waals surface area contributed by atoms with Crippen molar-refractivity contribution >= 4 is 23.2 Å². The Bertz CT molecular complexity index is 664. The molecular formula is C17H17ClN2O2. The van der Waals surface area contributed by atoms with E-state index in [4.69, 9.17) is 16.3 Å². The highest BCUT2D eigenvalue weighted by Gasteiger charge is 2.03. The fraction of sp³-hybridized carbons (Fsp3) is 0.176. The number of ether oxygens (including phenoxy) is 1. The predicted octanol–water partition coefficient (Wildman–Crippen LogP) is 3.43. The van der Waals surface area contributed by atoms with Crippen molar-refractivity contribution < 1.29 is 9.53 Å². The molecule has 0 aliphatic heterocycles. The van der Waals surface area contributed by atoms with Crippen molar-refractivity contribution in [1.82, 2.24) is 5.43 Å². The molecular weight excluding hydrogens is 300 g/mol. The van der Waals surface area contributed by atoms with Crippen molar-refractivity contribution in [2.24, 2.45) is 5.10 Å². The summed E-state index contributed by atoms with van der Waals surface area (Å²) in [6, 6.07) is 14.6. The molecule has 0 aliphatic rings. The molecule has 0 bridgehead atoms. The molecule has 0 aliphatic carbocycles. The number of nitrogens with one attached hydrogen (secondary N) is 1. The summed E-state index contributed by atoms with van der Waals surface area (Å²) in [5, 5.41) is 4.76. The van der Waals surface area contributed by atoms with Crippen LogP contribution in [0.1, 0.15) is 18.1 Å². The zero-order chi connectivity index (χ0) is 15.9. The van der Waals surface area contributed by atoms with Gasteiger partial charge < -0.3 is 4.74 Å². The van der Waals surface area contributed by atoms with Gasteiger partial charge >= 0.3 is 0 Å². The molecule has 1 N–H and O–H groups in total. The van der Waals surface area contributed by atoms with Crippen LogP contribution in [0, 0.1) is 0 Å². The van der Waals surface area contributed by atoms with E-state index in [0.29, 0.717) is 5.02 Å². The van der Waals surface area contributed by atoms with Crippen LogP contribution in [0.3, 0.4) is 0 Å². The number of halogens is 1. The van der Waals surface area contributed by atoms with E-state index in [2.05, 4.69) is 10.5 Å². The highest BCUT2D eigenvalue weighted by molar-refractivity contribution is 6.30. The normalized spacial score (nSPS) is 11.1. The Balaban J connectivity index is 1.94. The third-order valence-electron chi connectivity index (χ3n) is 3.13. The summed E-state index contributed by atoms with van der Waals surface area (Å²) in [5.74, 6) is 0.610. The van der Waals surface area contributed by atoms with E-state index >= 15 is 0 Å². The molecule has 0 fully saturated rings. The molecule has 2 aromatic carbocycles. The first kappa shape index (κ1) is 16.0. The van der Waals surface area contributed by atoms with Gasteiger partial charge in [0.1, 0.15) is 5.75 Å². The Hall–Kier alpha value is -2.33. The monoisotopic (exact) mass is 316 g/mol. The number of carbonyl (C=O) groups is 1. The smallest absolute Gasteiger partial charge is 0.244 e. The summed E-state index contributed by atoms with van der Waals surface area (Å²) in [6.45, 7) is 1.84. The van der Waals surface area contributed by atoms with Crippen molar-refractivity contribution in [3.05, 3.63) is 64.7 Å². The highest BCUT2D eigenvalue weighted by atomic mass is 35.5. The molecule has 2 aromatic rings. The van der Waals surface area contributed by atoms with Gasteiger partial charge in [0.15, 0.2) is 0 Å². The van der Waals surface area contributed by atoms with E-state index in [0.717, 1.165) is 22.6 Å². The Morgan fingerprint density at radius 3 is 2.36 bits per heavy atom. The van der Waals surface area contributed by atoms with Crippen LogP contribution in [-0.2, 0) is 11.2 Å². The number of methoxy groups -OCH3 is 1. The molecule has 0 saturated heterocycles. The highest BCUT2D eigenvalue weighted by Crippen LogP contribution is 2.12. The van der Waals surface area contributed by atoms with E-state index in [9.17, 15) is 4.79 Å². The second-order valence-electron chi connectivity index (χ2n) is 4.76. The number of hydrogen-bond acceptors (Lipinski definition) is 3. The molecule has 0 atom stereocenters. The van der Waals surface area contributed by atoms with E-state index in [1.54, 1.807) is 19.2 Å². The molecule has 0 unspecified atom stereocenters. The van der Waals surface area contributed by atoms with E-state index in [1.165, 1.54) is 0 Å². The lowest BCUT2D eigenvalue weighted by Gasteiger charge is -2.05. The number of benzene rings is 2. The maximum Gasteiger partial charge on any atom is 0.244 e. The van der Waals surface area contributed by atoms with Gasteiger partial charge in [-0.2, -0.15) is 5.10 Å². The lowest BCUT2D eigenvalue weighted by Crippen LogP contribution is -2.21. The van der Waals surface area contributed by atoms with Gasteiger partial charge in [-0.15, -0.1) is 0 Å². The zero-order valence-corrected chi connectivity index (χ0v) is 13.2. The summed E-state index contributed by atoms with van der Waals surface area (Å²) in [4.78, 5) is 11.9. The number of amides is 1. The Morgan fingerprint density at radius 1 is 1.14 bits per heavy atom. The van der Waals surface area contributed by atoms with Crippen LogP contribution in [0.15, 0.2) is 53.6 Å². The molecule has 4 nitrogen and oxygen atoms in total. The first-order valence-corrected chi connectivity index (χ1v) is 7.18. The van der Waals surface area contributed by atoms with Crippen LogP contribution in [0.4, 0.5) is 0 Å². The van der Waals surface area contributed by atoms with Crippen molar-refractivity contribution in [3.8, 4) is 5.75 Å². The Kier molecular flexibility index (Phi) is 5.55. The summed E-state index contributed by atoms with van der Waals surface area (Å²) in [5.41, 5.74) is 5.10. The first-order valence-electron chi connectivity index (χ1n) is 6.80. The molecule has 0 radical (unpaired) electrons. The molecule has 22 heavy (non-hydrogen) atoms. The maximum absolute atomic E-state index is 11.9. The number of nitrogens with zero attached hydrogens (tertiary/aromatic N) is 1. The number of rotatable bonds is 5. The van der Waals surface area contributed by atoms with Crippen molar-refractivity contribution in [1.29, 1.82) is 0 Å². The van der Waals surface area contributed by atoms with Crippen molar-refractivity contribution in [3.63, 3.8) is 0 Å². The molecule has 1 amide bonds. The van der Waals surface area contributed by atoms with Gasteiger partial charge in [0.25, 0.3) is 0 Å². The summed E-state index contributed by atoms with van der Waals surface area (Å²) < 4.78 is 5.10. The van der Waals surface area contributed by atoms with Crippen LogP contribution in [0.2, 0.25) is 5.02 Å². The average molecular weight is 317 g/mol.